The molecule has 0 N–H and O–H groups in total. The minimum absolute atomic E-state index is 0.00236. The monoisotopic (exact) mass is 209 g/mol. The number of carbonyl (C=O) groups excluding carboxylic acids is 2. The lowest BCUT2D eigenvalue weighted by molar-refractivity contribution is -0.139. The number of carbonyl (C=O) groups is 2. The van der Waals surface area contributed by atoms with Crippen molar-refractivity contribution in [2.24, 2.45) is 23.7 Å². The van der Waals surface area contributed by atoms with Crippen LogP contribution in [0.25, 0.3) is 0 Å². The second-order valence-corrected chi connectivity index (χ2v) is 4.86. The van der Waals surface area contributed by atoms with Gasteiger partial charge in [-0.2, -0.15) is 0 Å². The maximum absolute atomic E-state index is 11.9. The predicted octanol–water partition coefficient (Wildman–Crippen LogP) is 1.67. The van der Waals surface area contributed by atoms with Crippen molar-refractivity contribution in [1.29, 1.82) is 0 Å². The van der Waals surface area contributed by atoms with E-state index in [4.69, 9.17) is 0 Å². The van der Waals surface area contributed by atoms with Gasteiger partial charge in [0.15, 0.2) is 0 Å². The summed E-state index contributed by atoms with van der Waals surface area (Å²) in [5.74, 6) is 0.984. The Kier molecular flexibility index (Phi) is 2.57. The molecule has 0 spiro atoms. The second-order valence-electron chi connectivity index (χ2n) is 4.86. The number of hydrogen-bond acceptors (Lipinski definition) is 2. The first-order valence-corrected chi connectivity index (χ1v) is 5.93. The topological polar surface area (TPSA) is 37.4 Å². The SMILES string of the molecule is CCC1CC(CC)C2C(=O)N(C)C(=O)C12. The molecule has 0 aromatic rings. The number of hydrogen-bond donors (Lipinski definition) is 0. The van der Waals surface area contributed by atoms with E-state index < -0.39 is 0 Å². The Bertz CT molecular complexity index is 272. The van der Waals surface area contributed by atoms with E-state index >= 15 is 0 Å². The van der Waals surface area contributed by atoms with E-state index in [9.17, 15) is 9.59 Å². The fourth-order valence-corrected chi connectivity index (χ4v) is 3.38. The molecule has 15 heavy (non-hydrogen) atoms. The predicted molar refractivity (Wildman–Crippen MR) is 56.9 cm³/mol. The van der Waals surface area contributed by atoms with Crippen molar-refractivity contribution in [3.05, 3.63) is 0 Å². The zero-order chi connectivity index (χ0) is 11.2. The number of nitrogens with zero attached hydrogens (tertiary/aromatic N) is 1. The van der Waals surface area contributed by atoms with Gasteiger partial charge in [0, 0.05) is 7.05 Å². The Morgan fingerprint density at radius 3 is 1.80 bits per heavy atom. The molecule has 0 aromatic carbocycles. The van der Waals surface area contributed by atoms with E-state index in [2.05, 4.69) is 13.8 Å². The minimum Gasteiger partial charge on any atom is -0.285 e. The number of fused-ring (bicyclic) bond motifs is 1. The van der Waals surface area contributed by atoms with Gasteiger partial charge in [0.1, 0.15) is 0 Å². The Labute approximate surface area is 90.8 Å². The highest BCUT2D eigenvalue weighted by atomic mass is 16.2. The second kappa shape index (κ2) is 3.62. The summed E-state index contributed by atoms with van der Waals surface area (Å²) in [7, 11) is 1.63. The third-order valence-electron chi connectivity index (χ3n) is 4.29. The van der Waals surface area contributed by atoms with Crippen LogP contribution in [0.1, 0.15) is 33.1 Å². The van der Waals surface area contributed by atoms with Crippen LogP contribution in [0.5, 0.6) is 0 Å². The van der Waals surface area contributed by atoms with Crippen LogP contribution in [0.2, 0.25) is 0 Å². The highest BCUT2D eigenvalue weighted by molar-refractivity contribution is 6.05. The lowest BCUT2D eigenvalue weighted by Gasteiger charge is -2.15. The Morgan fingerprint density at radius 1 is 1.07 bits per heavy atom. The fourth-order valence-electron chi connectivity index (χ4n) is 3.38. The highest BCUT2D eigenvalue weighted by Crippen LogP contribution is 2.49. The molecule has 2 aliphatic rings. The van der Waals surface area contributed by atoms with Gasteiger partial charge in [0.05, 0.1) is 11.8 Å². The van der Waals surface area contributed by atoms with Crippen LogP contribution in [-0.4, -0.2) is 23.8 Å². The fraction of sp³-hybridized carbons (Fsp3) is 0.833. The number of imide groups is 1. The zero-order valence-electron chi connectivity index (χ0n) is 9.69. The average Bonchev–Trinajstić information content (AvgIpc) is 2.72. The summed E-state index contributed by atoms with van der Waals surface area (Å²) in [4.78, 5) is 25.2. The lowest BCUT2D eigenvalue weighted by Crippen LogP contribution is -2.29. The van der Waals surface area contributed by atoms with Crippen molar-refractivity contribution in [2.45, 2.75) is 33.1 Å². The van der Waals surface area contributed by atoms with Crippen molar-refractivity contribution in [2.75, 3.05) is 7.05 Å². The molecule has 2 rings (SSSR count). The normalized spacial score (nSPS) is 40.1. The van der Waals surface area contributed by atoms with Gasteiger partial charge < -0.3 is 0 Å². The molecule has 2 fully saturated rings. The molecule has 2 amide bonds. The van der Waals surface area contributed by atoms with E-state index in [1.54, 1.807) is 7.05 Å². The summed E-state index contributed by atoms with van der Waals surface area (Å²) in [6.07, 6.45) is 3.10. The van der Waals surface area contributed by atoms with E-state index in [0.29, 0.717) is 11.8 Å². The van der Waals surface area contributed by atoms with Crippen molar-refractivity contribution < 1.29 is 9.59 Å². The van der Waals surface area contributed by atoms with Gasteiger partial charge in [-0.1, -0.05) is 26.7 Å². The van der Waals surface area contributed by atoms with Crippen LogP contribution in [0, 0.1) is 23.7 Å². The first kappa shape index (κ1) is 10.7. The molecule has 1 aliphatic heterocycles. The van der Waals surface area contributed by atoms with Gasteiger partial charge in [-0.15, -0.1) is 0 Å². The summed E-state index contributed by atoms with van der Waals surface area (Å²) in [5.41, 5.74) is 0. The summed E-state index contributed by atoms with van der Waals surface area (Å²) in [6, 6.07) is 0. The molecule has 4 atom stereocenters. The third-order valence-corrected chi connectivity index (χ3v) is 4.29. The first-order chi connectivity index (χ1) is 7.11. The maximum Gasteiger partial charge on any atom is 0.233 e. The van der Waals surface area contributed by atoms with Gasteiger partial charge in [-0.05, 0) is 18.3 Å². The molecular weight excluding hydrogens is 190 g/mol. The summed E-state index contributed by atoms with van der Waals surface area (Å²) in [6.45, 7) is 4.24. The molecule has 1 aliphatic carbocycles. The summed E-state index contributed by atoms with van der Waals surface area (Å²) >= 11 is 0. The Balaban J connectivity index is 2.31. The molecular formula is C12H19NO2. The van der Waals surface area contributed by atoms with Gasteiger partial charge >= 0.3 is 0 Å². The van der Waals surface area contributed by atoms with Crippen LogP contribution >= 0.6 is 0 Å². The van der Waals surface area contributed by atoms with Crippen molar-refractivity contribution >= 4 is 11.8 Å². The molecule has 0 aromatic heterocycles. The largest absolute Gasteiger partial charge is 0.285 e. The highest BCUT2D eigenvalue weighted by Gasteiger charge is 2.56. The van der Waals surface area contributed by atoms with Crippen LogP contribution in [0.3, 0.4) is 0 Å². The molecule has 0 radical (unpaired) electrons. The number of rotatable bonds is 2. The van der Waals surface area contributed by atoms with Crippen LogP contribution in [0.15, 0.2) is 0 Å². The quantitative estimate of drug-likeness (QED) is 0.649. The number of likely N-dealkylation sites (tertiary alicyclic amines) is 1. The molecule has 3 nitrogen and oxygen atoms in total. The van der Waals surface area contributed by atoms with E-state index in [1.165, 1.54) is 4.90 Å². The average molecular weight is 209 g/mol. The molecule has 3 heteroatoms. The van der Waals surface area contributed by atoms with Crippen LogP contribution < -0.4 is 0 Å². The molecule has 1 saturated carbocycles. The van der Waals surface area contributed by atoms with E-state index in [-0.39, 0.29) is 23.7 Å². The first-order valence-electron chi connectivity index (χ1n) is 5.93. The third kappa shape index (κ3) is 1.32. The van der Waals surface area contributed by atoms with E-state index in [0.717, 1.165) is 19.3 Å². The standard InChI is InChI=1S/C12H19NO2/c1-4-7-6-8(5-2)10-9(7)11(14)13(3)12(10)15/h7-10H,4-6H2,1-3H3. The molecule has 84 valence electrons. The molecule has 1 saturated heterocycles. The Hall–Kier alpha value is -0.860. The van der Waals surface area contributed by atoms with Crippen LogP contribution in [0.4, 0.5) is 0 Å². The van der Waals surface area contributed by atoms with Crippen molar-refractivity contribution in [3.63, 3.8) is 0 Å². The van der Waals surface area contributed by atoms with Crippen molar-refractivity contribution in [3.8, 4) is 0 Å². The smallest absolute Gasteiger partial charge is 0.233 e. The van der Waals surface area contributed by atoms with Gasteiger partial charge in [0.2, 0.25) is 11.8 Å². The Morgan fingerprint density at radius 2 is 1.47 bits per heavy atom. The summed E-state index contributed by atoms with van der Waals surface area (Å²) in [5, 5.41) is 0. The zero-order valence-corrected chi connectivity index (χ0v) is 9.69. The lowest BCUT2D eigenvalue weighted by atomic mass is 9.88. The number of amides is 2. The molecule has 1 heterocycles. The van der Waals surface area contributed by atoms with Gasteiger partial charge in [0.25, 0.3) is 0 Å². The molecule has 0 bridgehead atoms. The molecule has 4 unspecified atom stereocenters. The van der Waals surface area contributed by atoms with Gasteiger partial charge in [-0.25, -0.2) is 0 Å². The maximum atomic E-state index is 11.9. The van der Waals surface area contributed by atoms with E-state index in [1.807, 2.05) is 0 Å². The minimum atomic E-state index is -0.00236. The van der Waals surface area contributed by atoms with Gasteiger partial charge in [-0.3, -0.25) is 14.5 Å². The van der Waals surface area contributed by atoms with Crippen molar-refractivity contribution in [1.82, 2.24) is 4.90 Å². The summed E-state index contributed by atoms with van der Waals surface area (Å²) < 4.78 is 0. The van der Waals surface area contributed by atoms with Crippen LogP contribution in [-0.2, 0) is 9.59 Å².